The van der Waals surface area contributed by atoms with Crippen molar-refractivity contribution in [3.05, 3.63) is 102 Å². The molecule has 1 amide bonds. The molecule has 0 heterocycles. The Balaban J connectivity index is 1.73. The van der Waals surface area contributed by atoms with Crippen molar-refractivity contribution in [1.82, 2.24) is 5.43 Å². The predicted octanol–water partition coefficient (Wildman–Crippen LogP) is 5.25. The van der Waals surface area contributed by atoms with Crippen LogP contribution < -0.4 is 10.4 Å². The van der Waals surface area contributed by atoms with Gasteiger partial charge in [0, 0.05) is 0 Å². The number of amides is 1. The molecule has 0 saturated heterocycles. The van der Waals surface area contributed by atoms with Gasteiger partial charge in [-0.3, -0.25) is 4.99 Å². The summed E-state index contributed by atoms with van der Waals surface area (Å²) in [6.45, 7) is 0.714. The van der Waals surface area contributed by atoms with E-state index in [0.29, 0.717) is 11.7 Å². The highest BCUT2D eigenvalue weighted by molar-refractivity contribution is 8.13. The quantitative estimate of drug-likeness (QED) is 0.358. The number of nitrogens with one attached hydrogen (secondary N) is 1. The normalized spacial score (nSPS) is 11.0. The van der Waals surface area contributed by atoms with E-state index in [9.17, 15) is 4.79 Å². The number of thioether (sulfide) groups is 1. The lowest BCUT2D eigenvalue weighted by Gasteiger charge is -2.25. The van der Waals surface area contributed by atoms with Crippen LogP contribution in [0, 0.1) is 0 Å². The molecule has 6 heteroatoms. The Bertz CT molecular complexity index is 919. The number of amidine groups is 1. The fourth-order valence-corrected chi connectivity index (χ4v) is 3.14. The van der Waals surface area contributed by atoms with Crippen LogP contribution in [0.5, 0.6) is 0 Å². The third-order valence-electron chi connectivity index (χ3n) is 4.04. The zero-order valence-corrected chi connectivity index (χ0v) is 17.0. The van der Waals surface area contributed by atoms with E-state index in [-0.39, 0.29) is 6.61 Å². The molecule has 5 nitrogen and oxygen atoms in total. The first-order valence-electron chi connectivity index (χ1n) is 9.21. The van der Waals surface area contributed by atoms with Gasteiger partial charge in [0.1, 0.15) is 6.61 Å². The summed E-state index contributed by atoms with van der Waals surface area (Å²) in [5.41, 5.74) is 5.63. The molecule has 0 saturated carbocycles. The topological polar surface area (TPSA) is 53.9 Å². The van der Waals surface area contributed by atoms with Crippen molar-refractivity contribution < 1.29 is 9.53 Å². The van der Waals surface area contributed by atoms with Crippen LogP contribution in [0.1, 0.15) is 11.1 Å². The molecule has 1 N–H and O–H groups in total. The minimum Gasteiger partial charge on any atom is -0.443 e. The first-order chi connectivity index (χ1) is 14.3. The molecule has 0 aliphatic carbocycles. The van der Waals surface area contributed by atoms with Gasteiger partial charge < -0.3 is 4.74 Å². The number of carbonyl (C=O) groups is 1. The Labute approximate surface area is 175 Å². The maximum absolute atomic E-state index is 12.5. The maximum atomic E-state index is 12.5. The van der Waals surface area contributed by atoms with Gasteiger partial charge in [-0.1, -0.05) is 90.6 Å². The van der Waals surface area contributed by atoms with Crippen LogP contribution >= 0.6 is 11.8 Å². The number of hydrogen-bond donors (Lipinski definition) is 1. The molecular weight excluding hydrogens is 382 g/mol. The number of rotatable bonds is 5. The van der Waals surface area contributed by atoms with Gasteiger partial charge in [-0.05, 0) is 29.5 Å². The second-order valence-electron chi connectivity index (χ2n) is 6.13. The third kappa shape index (κ3) is 6.40. The molecule has 148 valence electrons. The highest BCUT2D eigenvalue weighted by Crippen LogP contribution is 2.17. The Morgan fingerprint density at radius 3 is 2.03 bits per heavy atom. The molecule has 0 aromatic heterocycles. The van der Waals surface area contributed by atoms with Crippen molar-refractivity contribution in [3.8, 4) is 0 Å². The van der Waals surface area contributed by atoms with E-state index in [4.69, 9.17) is 9.73 Å². The number of aliphatic imine (C=N–C) groups is 1. The van der Waals surface area contributed by atoms with E-state index < -0.39 is 6.09 Å². The smallest absolute Gasteiger partial charge is 0.426 e. The molecule has 3 rings (SSSR count). The van der Waals surface area contributed by atoms with Gasteiger partial charge in [-0.2, -0.15) is 0 Å². The van der Waals surface area contributed by atoms with E-state index in [1.165, 1.54) is 11.8 Å². The largest absolute Gasteiger partial charge is 0.443 e. The van der Waals surface area contributed by atoms with Gasteiger partial charge in [0.2, 0.25) is 0 Å². The summed E-state index contributed by atoms with van der Waals surface area (Å²) in [5, 5.41) is 2.32. The second-order valence-corrected chi connectivity index (χ2v) is 6.91. The number of ether oxygens (including phenoxy) is 1. The summed E-state index contributed by atoms with van der Waals surface area (Å²) in [4.78, 5) is 17.2. The highest BCUT2D eigenvalue weighted by Gasteiger charge is 2.17. The molecule has 0 fully saturated rings. The number of nitrogens with zero attached hydrogens (tertiary/aromatic N) is 2. The monoisotopic (exact) mass is 405 g/mol. The van der Waals surface area contributed by atoms with Crippen molar-refractivity contribution in [2.24, 2.45) is 4.99 Å². The van der Waals surface area contributed by atoms with Gasteiger partial charge in [0.15, 0.2) is 5.17 Å². The predicted molar refractivity (Wildman–Crippen MR) is 120 cm³/mol. The van der Waals surface area contributed by atoms with Gasteiger partial charge in [0.25, 0.3) is 0 Å². The molecule has 29 heavy (non-hydrogen) atoms. The molecule has 0 unspecified atom stereocenters. The van der Waals surface area contributed by atoms with Crippen LogP contribution in [0.3, 0.4) is 0 Å². The minimum atomic E-state index is -0.542. The van der Waals surface area contributed by atoms with Crippen molar-refractivity contribution in [2.75, 3.05) is 11.3 Å². The first kappa shape index (κ1) is 20.5. The summed E-state index contributed by atoms with van der Waals surface area (Å²) in [5.74, 6) is 0. The molecule has 0 radical (unpaired) electrons. The molecular formula is C23H23N3O2S. The molecule has 0 bridgehead atoms. The Morgan fingerprint density at radius 1 is 0.897 bits per heavy atom. The molecule has 3 aromatic rings. The van der Waals surface area contributed by atoms with Crippen LogP contribution in [0.15, 0.2) is 96.0 Å². The number of carbonyl (C=O) groups excluding carboxylic acids is 1. The standard InChI is InChI=1S/C23H23N3O2S/c1-29-22(24-17-19-11-5-2-6-12-19)26(21-15-9-4-10-16-21)25-23(27)28-18-20-13-7-3-8-14-20/h2-16H,17-18H2,1H3,(H,25,27). The van der Waals surface area contributed by atoms with Crippen molar-refractivity contribution >= 4 is 28.7 Å². The third-order valence-corrected chi connectivity index (χ3v) is 4.72. The van der Waals surface area contributed by atoms with Crippen LogP contribution in [0.25, 0.3) is 0 Å². The summed E-state index contributed by atoms with van der Waals surface area (Å²) in [6, 6.07) is 29.1. The summed E-state index contributed by atoms with van der Waals surface area (Å²) in [7, 11) is 0. The average Bonchev–Trinajstić information content (AvgIpc) is 2.79. The number of hydrazine groups is 1. The summed E-state index contributed by atoms with van der Waals surface area (Å²) >= 11 is 1.45. The van der Waals surface area contributed by atoms with Gasteiger partial charge >= 0.3 is 6.09 Å². The Morgan fingerprint density at radius 2 is 1.45 bits per heavy atom. The molecule has 0 aliphatic rings. The highest BCUT2D eigenvalue weighted by atomic mass is 32.2. The van der Waals surface area contributed by atoms with E-state index in [0.717, 1.165) is 16.8 Å². The fourth-order valence-electron chi connectivity index (χ4n) is 2.62. The van der Waals surface area contributed by atoms with Crippen molar-refractivity contribution in [2.45, 2.75) is 13.2 Å². The number of para-hydroxylation sites is 1. The van der Waals surface area contributed by atoms with Crippen molar-refractivity contribution in [1.29, 1.82) is 0 Å². The molecule has 0 aliphatic heterocycles. The Hall–Kier alpha value is -3.25. The zero-order chi connectivity index (χ0) is 20.3. The maximum Gasteiger partial charge on any atom is 0.426 e. The van der Waals surface area contributed by atoms with E-state index in [1.807, 2.05) is 97.3 Å². The lowest BCUT2D eigenvalue weighted by Crippen LogP contribution is -2.45. The van der Waals surface area contributed by atoms with E-state index in [2.05, 4.69) is 5.43 Å². The summed E-state index contributed by atoms with van der Waals surface area (Å²) < 4.78 is 5.38. The van der Waals surface area contributed by atoms with Gasteiger partial charge in [-0.25, -0.2) is 15.2 Å². The number of hydrogen-bond acceptors (Lipinski definition) is 4. The molecule has 3 aromatic carbocycles. The van der Waals surface area contributed by atoms with Crippen LogP contribution in [0.2, 0.25) is 0 Å². The number of anilines is 1. The number of benzene rings is 3. The summed E-state index contributed by atoms with van der Waals surface area (Å²) in [6.07, 6.45) is 1.38. The second kappa shape index (κ2) is 10.9. The van der Waals surface area contributed by atoms with Crippen LogP contribution in [-0.2, 0) is 17.9 Å². The van der Waals surface area contributed by atoms with Gasteiger partial charge in [0.05, 0.1) is 12.2 Å². The minimum absolute atomic E-state index is 0.199. The van der Waals surface area contributed by atoms with E-state index >= 15 is 0 Å². The van der Waals surface area contributed by atoms with Crippen molar-refractivity contribution in [3.63, 3.8) is 0 Å². The average molecular weight is 406 g/mol. The molecule has 0 atom stereocenters. The SMILES string of the molecule is CSC(=NCc1ccccc1)N(NC(=O)OCc1ccccc1)c1ccccc1. The first-order valence-corrected chi connectivity index (χ1v) is 10.4. The van der Waals surface area contributed by atoms with Gasteiger partial charge in [-0.15, -0.1) is 0 Å². The molecule has 0 spiro atoms. The lowest BCUT2D eigenvalue weighted by atomic mass is 10.2. The van der Waals surface area contributed by atoms with Crippen LogP contribution in [-0.4, -0.2) is 17.5 Å². The lowest BCUT2D eigenvalue weighted by molar-refractivity contribution is 0.140. The van der Waals surface area contributed by atoms with Crippen LogP contribution in [0.4, 0.5) is 10.5 Å². The fraction of sp³-hybridized carbons (Fsp3) is 0.130. The van der Waals surface area contributed by atoms with E-state index in [1.54, 1.807) is 5.01 Å². The zero-order valence-electron chi connectivity index (χ0n) is 16.2. The Kier molecular flexibility index (Phi) is 7.72.